The molecule has 2 aromatic carbocycles. The molecule has 0 fully saturated rings. The van der Waals surface area contributed by atoms with Crippen LogP contribution < -0.4 is 10.6 Å². The van der Waals surface area contributed by atoms with E-state index in [4.69, 9.17) is 11.6 Å². The summed E-state index contributed by atoms with van der Waals surface area (Å²) in [5, 5.41) is 6.91. The Kier molecular flexibility index (Phi) is 6.23. The first-order chi connectivity index (χ1) is 12.7. The largest absolute Gasteiger partial charge is 0.370 e. The molecule has 0 aliphatic rings. The number of anilines is 1. The average Bonchev–Trinajstić information content (AvgIpc) is 2.69. The van der Waals surface area contributed by atoms with E-state index in [1.54, 1.807) is 18.3 Å². The molecule has 0 unspecified atom stereocenters. The van der Waals surface area contributed by atoms with Gasteiger partial charge in [0.25, 0.3) is 5.91 Å². The molecule has 4 nitrogen and oxygen atoms in total. The lowest BCUT2D eigenvalue weighted by molar-refractivity contribution is 0.0951. The SMILES string of the molecule is O=C(NCc1ccccc1)c1ccnc(NCCc2ccc(Cl)cc2)c1. The van der Waals surface area contributed by atoms with Crippen LogP contribution >= 0.6 is 11.6 Å². The summed E-state index contributed by atoms with van der Waals surface area (Å²) in [5.41, 5.74) is 2.85. The summed E-state index contributed by atoms with van der Waals surface area (Å²) in [6, 6.07) is 21.1. The lowest BCUT2D eigenvalue weighted by Gasteiger charge is -2.09. The molecule has 3 aromatic rings. The lowest BCUT2D eigenvalue weighted by atomic mass is 10.1. The van der Waals surface area contributed by atoms with Crippen molar-refractivity contribution in [1.82, 2.24) is 10.3 Å². The van der Waals surface area contributed by atoms with Gasteiger partial charge in [0, 0.05) is 29.9 Å². The summed E-state index contributed by atoms with van der Waals surface area (Å²) in [7, 11) is 0. The summed E-state index contributed by atoms with van der Waals surface area (Å²) < 4.78 is 0. The molecule has 1 amide bonds. The van der Waals surface area contributed by atoms with E-state index in [1.807, 2.05) is 54.6 Å². The van der Waals surface area contributed by atoms with Gasteiger partial charge in [0.1, 0.15) is 5.82 Å². The molecule has 3 rings (SSSR count). The molecule has 1 heterocycles. The second-order valence-electron chi connectivity index (χ2n) is 5.90. The number of benzene rings is 2. The van der Waals surface area contributed by atoms with Crippen LogP contribution in [0.15, 0.2) is 72.9 Å². The molecule has 0 aliphatic carbocycles. The topological polar surface area (TPSA) is 54.0 Å². The number of rotatable bonds is 7. The van der Waals surface area contributed by atoms with Gasteiger partial charge in [-0.15, -0.1) is 0 Å². The Morgan fingerprint density at radius 2 is 1.73 bits per heavy atom. The van der Waals surface area contributed by atoms with Crippen LogP contribution in [0.5, 0.6) is 0 Å². The van der Waals surface area contributed by atoms with Crippen molar-refractivity contribution in [2.75, 3.05) is 11.9 Å². The highest BCUT2D eigenvalue weighted by molar-refractivity contribution is 6.30. The van der Waals surface area contributed by atoms with Crippen molar-refractivity contribution in [3.8, 4) is 0 Å². The van der Waals surface area contributed by atoms with Crippen molar-refractivity contribution in [2.24, 2.45) is 0 Å². The molecule has 0 saturated carbocycles. The smallest absolute Gasteiger partial charge is 0.251 e. The number of aromatic nitrogens is 1. The van der Waals surface area contributed by atoms with E-state index in [1.165, 1.54) is 5.56 Å². The minimum atomic E-state index is -0.114. The van der Waals surface area contributed by atoms with Gasteiger partial charge in [-0.1, -0.05) is 54.1 Å². The number of nitrogens with one attached hydrogen (secondary N) is 2. The summed E-state index contributed by atoms with van der Waals surface area (Å²) in [6.07, 6.45) is 2.49. The maximum atomic E-state index is 12.3. The van der Waals surface area contributed by atoms with Crippen LogP contribution in [0, 0.1) is 0 Å². The number of pyridine rings is 1. The Labute approximate surface area is 158 Å². The van der Waals surface area contributed by atoms with Crippen LogP contribution in [0.3, 0.4) is 0 Å². The van der Waals surface area contributed by atoms with Crippen LogP contribution in [0.4, 0.5) is 5.82 Å². The molecule has 1 aromatic heterocycles. The van der Waals surface area contributed by atoms with Gasteiger partial charge in [-0.2, -0.15) is 0 Å². The number of carbonyl (C=O) groups is 1. The van der Waals surface area contributed by atoms with E-state index < -0.39 is 0 Å². The van der Waals surface area contributed by atoms with Gasteiger partial charge in [-0.3, -0.25) is 4.79 Å². The number of hydrogen-bond donors (Lipinski definition) is 2. The van der Waals surface area contributed by atoms with Crippen LogP contribution in [0.25, 0.3) is 0 Å². The molecular weight excluding hydrogens is 346 g/mol. The third-order valence-electron chi connectivity index (χ3n) is 3.95. The number of carbonyl (C=O) groups excluding carboxylic acids is 1. The number of hydrogen-bond acceptors (Lipinski definition) is 3. The minimum Gasteiger partial charge on any atom is -0.370 e. The maximum Gasteiger partial charge on any atom is 0.251 e. The maximum absolute atomic E-state index is 12.3. The first-order valence-electron chi connectivity index (χ1n) is 8.47. The van der Waals surface area contributed by atoms with Gasteiger partial charge >= 0.3 is 0 Å². The zero-order valence-electron chi connectivity index (χ0n) is 14.3. The molecular formula is C21H20ClN3O. The van der Waals surface area contributed by atoms with Crippen molar-refractivity contribution in [1.29, 1.82) is 0 Å². The molecule has 2 N–H and O–H groups in total. The normalized spacial score (nSPS) is 10.3. The predicted molar refractivity (Wildman–Crippen MR) is 105 cm³/mol. The molecule has 0 bridgehead atoms. The summed E-state index contributed by atoms with van der Waals surface area (Å²) in [5.74, 6) is 0.573. The van der Waals surface area contributed by atoms with Crippen molar-refractivity contribution < 1.29 is 4.79 Å². The Balaban J connectivity index is 1.52. The Morgan fingerprint density at radius 1 is 0.962 bits per heavy atom. The van der Waals surface area contributed by atoms with Crippen LogP contribution in [0.1, 0.15) is 21.5 Å². The second-order valence-corrected chi connectivity index (χ2v) is 6.34. The van der Waals surface area contributed by atoms with Crippen molar-refractivity contribution in [2.45, 2.75) is 13.0 Å². The molecule has 0 spiro atoms. The quantitative estimate of drug-likeness (QED) is 0.655. The van der Waals surface area contributed by atoms with E-state index in [2.05, 4.69) is 15.6 Å². The molecule has 26 heavy (non-hydrogen) atoms. The van der Waals surface area contributed by atoms with E-state index in [-0.39, 0.29) is 5.91 Å². The van der Waals surface area contributed by atoms with E-state index >= 15 is 0 Å². The molecule has 0 aliphatic heterocycles. The Morgan fingerprint density at radius 3 is 2.50 bits per heavy atom. The fourth-order valence-electron chi connectivity index (χ4n) is 2.53. The highest BCUT2D eigenvalue weighted by Gasteiger charge is 2.06. The van der Waals surface area contributed by atoms with Crippen LogP contribution in [-0.2, 0) is 13.0 Å². The zero-order chi connectivity index (χ0) is 18.2. The summed E-state index contributed by atoms with van der Waals surface area (Å²) in [6.45, 7) is 1.23. The van der Waals surface area contributed by atoms with E-state index in [0.717, 1.165) is 23.6 Å². The van der Waals surface area contributed by atoms with Gasteiger partial charge in [0.05, 0.1) is 0 Å². The first-order valence-corrected chi connectivity index (χ1v) is 8.85. The third-order valence-corrected chi connectivity index (χ3v) is 4.20. The third kappa shape index (κ3) is 5.33. The highest BCUT2D eigenvalue weighted by Crippen LogP contribution is 2.11. The van der Waals surface area contributed by atoms with Crippen molar-refractivity contribution in [3.63, 3.8) is 0 Å². The predicted octanol–water partition coefficient (Wildman–Crippen LogP) is 4.32. The van der Waals surface area contributed by atoms with Crippen molar-refractivity contribution >= 4 is 23.3 Å². The highest BCUT2D eigenvalue weighted by atomic mass is 35.5. The summed E-state index contributed by atoms with van der Waals surface area (Å²) >= 11 is 5.89. The molecule has 5 heteroatoms. The average molecular weight is 366 g/mol. The number of amides is 1. The van der Waals surface area contributed by atoms with E-state index in [9.17, 15) is 4.79 Å². The molecule has 0 saturated heterocycles. The van der Waals surface area contributed by atoms with Crippen molar-refractivity contribution in [3.05, 3.63) is 94.6 Å². The standard InChI is InChI=1S/C21H20ClN3O/c22-19-8-6-16(7-9-19)10-12-23-20-14-18(11-13-24-20)21(26)25-15-17-4-2-1-3-5-17/h1-9,11,13-14H,10,12,15H2,(H,23,24)(H,25,26). The molecule has 132 valence electrons. The first kappa shape index (κ1) is 18.0. The number of halogens is 1. The number of nitrogens with zero attached hydrogens (tertiary/aromatic N) is 1. The Bertz CT molecular complexity index is 851. The zero-order valence-corrected chi connectivity index (χ0v) is 15.0. The minimum absolute atomic E-state index is 0.114. The van der Waals surface area contributed by atoms with Crippen LogP contribution in [0.2, 0.25) is 5.02 Å². The van der Waals surface area contributed by atoms with Gasteiger partial charge < -0.3 is 10.6 Å². The molecule has 0 radical (unpaired) electrons. The van der Waals surface area contributed by atoms with Gasteiger partial charge in [-0.25, -0.2) is 4.98 Å². The van der Waals surface area contributed by atoms with Crippen LogP contribution in [-0.4, -0.2) is 17.4 Å². The van der Waals surface area contributed by atoms with Gasteiger partial charge in [0.2, 0.25) is 0 Å². The fourth-order valence-corrected chi connectivity index (χ4v) is 2.66. The Hall–Kier alpha value is -2.85. The fraction of sp³-hybridized carbons (Fsp3) is 0.143. The molecule has 0 atom stereocenters. The summed E-state index contributed by atoms with van der Waals surface area (Å²) in [4.78, 5) is 16.6. The van der Waals surface area contributed by atoms with Gasteiger partial charge in [0.15, 0.2) is 0 Å². The monoisotopic (exact) mass is 365 g/mol. The lowest BCUT2D eigenvalue weighted by Crippen LogP contribution is -2.23. The second kappa shape index (κ2) is 9.02. The van der Waals surface area contributed by atoms with Gasteiger partial charge in [-0.05, 0) is 41.8 Å². The van der Waals surface area contributed by atoms with E-state index in [0.29, 0.717) is 17.9 Å².